The van der Waals surface area contributed by atoms with Gasteiger partial charge in [0.1, 0.15) is 0 Å². The standard InChI is InChI=1S/C14H21N3O3/c15-13(17-19)12-4-2-1-3-11(12)9-16-14(10-18)5-7-20-8-6-14/h1-4,16,18-19H,5-10H2,(H2,15,17). The molecule has 0 atom stereocenters. The number of amidine groups is 1. The topological polar surface area (TPSA) is 100 Å². The van der Waals surface area contributed by atoms with Crippen molar-refractivity contribution in [1.82, 2.24) is 5.32 Å². The second-order valence-electron chi connectivity index (χ2n) is 5.05. The van der Waals surface area contributed by atoms with Gasteiger partial charge in [-0.05, 0) is 18.4 Å². The van der Waals surface area contributed by atoms with Crippen molar-refractivity contribution in [1.29, 1.82) is 0 Å². The highest BCUT2D eigenvalue weighted by atomic mass is 16.5. The maximum Gasteiger partial charge on any atom is 0.170 e. The number of hydrogen-bond acceptors (Lipinski definition) is 5. The van der Waals surface area contributed by atoms with Crippen molar-refractivity contribution in [2.75, 3.05) is 19.8 Å². The van der Waals surface area contributed by atoms with Gasteiger partial charge in [0.05, 0.1) is 6.61 Å². The first-order chi connectivity index (χ1) is 9.71. The first kappa shape index (κ1) is 14.8. The Hall–Kier alpha value is -1.63. The van der Waals surface area contributed by atoms with E-state index in [0.29, 0.717) is 25.3 Å². The second kappa shape index (κ2) is 6.69. The zero-order valence-electron chi connectivity index (χ0n) is 11.4. The molecule has 1 aromatic carbocycles. The summed E-state index contributed by atoms with van der Waals surface area (Å²) in [4.78, 5) is 0. The third-order valence-electron chi connectivity index (χ3n) is 3.81. The molecular formula is C14H21N3O3. The SMILES string of the molecule is N/C(=N/O)c1ccccc1CNC1(CO)CCOCC1. The minimum Gasteiger partial charge on any atom is -0.409 e. The van der Waals surface area contributed by atoms with Crippen LogP contribution in [0.5, 0.6) is 0 Å². The van der Waals surface area contributed by atoms with Gasteiger partial charge in [0.25, 0.3) is 0 Å². The maximum absolute atomic E-state index is 9.64. The van der Waals surface area contributed by atoms with Gasteiger partial charge in [0.15, 0.2) is 5.84 Å². The molecule has 1 fully saturated rings. The molecule has 1 aliphatic heterocycles. The normalized spacial score (nSPS) is 18.9. The number of benzene rings is 1. The summed E-state index contributed by atoms with van der Waals surface area (Å²) in [6.07, 6.45) is 1.55. The van der Waals surface area contributed by atoms with Crippen LogP contribution >= 0.6 is 0 Å². The Bertz CT molecular complexity index is 470. The smallest absolute Gasteiger partial charge is 0.170 e. The van der Waals surface area contributed by atoms with Crippen LogP contribution in [0.2, 0.25) is 0 Å². The highest BCUT2D eigenvalue weighted by Gasteiger charge is 2.31. The third-order valence-corrected chi connectivity index (χ3v) is 3.81. The van der Waals surface area contributed by atoms with Crippen molar-refractivity contribution in [2.45, 2.75) is 24.9 Å². The van der Waals surface area contributed by atoms with Crippen LogP contribution in [0.3, 0.4) is 0 Å². The summed E-state index contributed by atoms with van der Waals surface area (Å²) < 4.78 is 5.33. The van der Waals surface area contributed by atoms with Gasteiger partial charge >= 0.3 is 0 Å². The zero-order chi connectivity index (χ0) is 14.4. The molecule has 0 aromatic heterocycles. The van der Waals surface area contributed by atoms with Gasteiger partial charge in [-0.2, -0.15) is 0 Å². The van der Waals surface area contributed by atoms with E-state index in [1.165, 1.54) is 0 Å². The first-order valence-corrected chi connectivity index (χ1v) is 6.70. The number of rotatable bonds is 5. The molecule has 1 saturated heterocycles. The lowest BCUT2D eigenvalue weighted by molar-refractivity contribution is 0.0111. The molecule has 5 N–H and O–H groups in total. The van der Waals surface area contributed by atoms with E-state index in [1.54, 1.807) is 0 Å². The van der Waals surface area contributed by atoms with Crippen molar-refractivity contribution in [3.05, 3.63) is 35.4 Å². The first-order valence-electron chi connectivity index (χ1n) is 6.70. The number of aliphatic hydroxyl groups excluding tert-OH is 1. The van der Waals surface area contributed by atoms with Crippen LogP contribution in [-0.4, -0.2) is 41.5 Å². The quantitative estimate of drug-likeness (QED) is 0.271. The lowest BCUT2D eigenvalue weighted by atomic mass is 9.90. The molecule has 20 heavy (non-hydrogen) atoms. The fraction of sp³-hybridized carbons (Fsp3) is 0.500. The summed E-state index contributed by atoms with van der Waals surface area (Å²) in [6, 6.07) is 7.47. The van der Waals surface area contributed by atoms with Crippen LogP contribution in [0.15, 0.2) is 29.4 Å². The van der Waals surface area contributed by atoms with E-state index in [2.05, 4.69) is 10.5 Å². The maximum atomic E-state index is 9.64. The summed E-state index contributed by atoms with van der Waals surface area (Å²) in [7, 11) is 0. The molecular weight excluding hydrogens is 258 g/mol. The van der Waals surface area contributed by atoms with Crippen LogP contribution in [0.25, 0.3) is 0 Å². The Balaban J connectivity index is 2.10. The summed E-state index contributed by atoms with van der Waals surface area (Å²) in [5, 5.41) is 24.9. The average Bonchev–Trinajstić information content (AvgIpc) is 2.53. The van der Waals surface area contributed by atoms with E-state index in [4.69, 9.17) is 15.7 Å². The predicted octanol–water partition coefficient (Wildman–Crippen LogP) is 0.412. The molecule has 0 saturated carbocycles. The fourth-order valence-electron chi connectivity index (χ4n) is 2.41. The molecule has 1 heterocycles. The summed E-state index contributed by atoms with van der Waals surface area (Å²) in [5.74, 6) is 0.0902. The van der Waals surface area contributed by atoms with Crippen molar-refractivity contribution < 1.29 is 15.1 Å². The number of ether oxygens (including phenoxy) is 1. The summed E-state index contributed by atoms with van der Waals surface area (Å²) in [5.41, 5.74) is 6.99. The van der Waals surface area contributed by atoms with E-state index in [9.17, 15) is 5.11 Å². The van der Waals surface area contributed by atoms with Gasteiger partial charge in [-0.15, -0.1) is 0 Å². The van der Waals surface area contributed by atoms with Gasteiger partial charge in [0.2, 0.25) is 0 Å². The molecule has 0 spiro atoms. The Morgan fingerprint density at radius 2 is 2.05 bits per heavy atom. The second-order valence-corrected chi connectivity index (χ2v) is 5.05. The highest BCUT2D eigenvalue weighted by Crippen LogP contribution is 2.21. The number of nitrogens with one attached hydrogen (secondary N) is 1. The van der Waals surface area contributed by atoms with Gasteiger partial charge in [-0.1, -0.05) is 29.4 Å². The molecule has 1 aromatic rings. The van der Waals surface area contributed by atoms with E-state index in [-0.39, 0.29) is 18.0 Å². The Morgan fingerprint density at radius 3 is 2.70 bits per heavy atom. The Labute approximate surface area is 118 Å². The van der Waals surface area contributed by atoms with Gasteiger partial charge < -0.3 is 26.1 Å². The molecule has 0 amide bonds. The van der Waals surface area contributed by atoms with Crippen LogP contribution in [0.1, 0.15) is 24.0 Å². The summed E-state index contributed by atoms with van der Waals surface area (Å²) >= 11 is 0. The van der Waals surface area contributed by atoms with Crippen molar-refractivity contribution >= 4 is 5.84 Å². The molecule has 0 unspecified atom stereocenters. The minimum atomic E-state index is -0.309. The molecule has 6 heteroatoms. The lowest BCUT2D eigenvalue weighted by Crippen LogP contribution is -2.52. The lowest BCUT2D eigenvalue weighted by Gasteiger charge is -2.36. The molecule has 0 aliphatic carbocycles. The van der Waals surface area contributed by atoms with Crippen LogP contribution < -0.4 is 11.1 Å². The number of hydrogen-bond donors (Lipinski definition) is 4. The molecule has 110 valence electrons. The van der Waals surface area contributed by atoms with Gasteiger partial charge in [0, 0.05) is 30.9 Å². The molecule has 2 rings (SSSR count). The third kappa shape index (κ3) is 3.27. The zero-order valence-corrected chi connectivity index (χ0v) is 11.4. The van der Waals surface area contributed by atoms with Gasteiger partial charge in [-0.3, -0.25) is 0 Å². The minimum absolute atomic E-state index is 0.0715. The van der Waals surface area contributed by atoms with E-state index < -0.39 is 0 Å². The van der Waals surface area contributed by atoms with E-state index >= 15 is 0 Å². The van der Waals surface area contributed by atoms with Crippen LogP contribution in [0, 0.1) is 0 Å². The molecule has 6 nitrogen and oxygen atoms in total. The Morgan fingerprint density at radius 1 is 1.35 bits per heavy atom. The molecule has 0 bridgehead atoms. The monoisotopic (exact) mass is 279 g/mol. The average molecular weight is 279 g/mol. The van der Waals surface area contributed by atoms with Crippen molar-refractivity contribution in [3.63, 3.8) is 0 Å². The predicted molar refractivity (Wildman–Crippen MR) is 75.7 cm³/mol. The molecule has 0 radical (unpaired) electrons. The Kier molecular flexibility index (Phi) is 4.94. The number of nitrogens with zero attached hydrogens (tertiary/aromatic N) is 1. The number of aliphatic hydroxyl groups is 1. The number of nitrogens with two attached hydrogens (primary N) is 1. The number of oxime groups is 1. The fourth-order valence-corrected chi connectivity index (χ4v) is 2.41. The molecule has 1 aliphatic rings. The van der Waals surface area contributed by atoms with Crippen molar-refractivity contribution in [2.24, 2.45) is 10.9 Å². The van der Waals surface area contributed by atoms with Crippen LogP contribution in [0.4, 0.5) is 0 Å². The van der Waals surface area contributed by atoms with E-state index in [0.717, 1.165) is 18.4 Å². The van der Waals surface area contributed by atoms with Gasteiger partial charge in [-0.25, -0.2) is 0 Å². The summed E-state index contributed by atoms with van der Waals surface area (Å²) in [6.45, 7) is 1.92. The van der Waals surface area contributed by atoms with Crippen molar-refractivity contribution in [3.8, 4) is 0 Å². The van der Waals surface area contributed by atoms with Crippen LogP contribution in [-0.2, 0) is 11.3 Å². The largest absolute Gasteiger partial charge is 0.409 e. The van der Waals surface area contributed by atoms with E-state index in [1.807, 2.05) is 24.3 Å². The highest BCUT2D eigenvalue weighted by molar-refractivity contribution is 5.98.